The van der Waals surface area contributed by atoms with Gasteiger partial charge in [0.15, 0.2) is 0 Å². The van der Waals surface area contributed by atoms with Crippen LogP contribution >= 0.6 is 27.3 Å². The molecule has 0 saturated heterocycles. The Bertz CT molecular complexity index is 578. The van der Waals surface area contributed by atoms with Gasteiger partial charge in [-0.3, -0.25) is 4.79 Å². The van der Waals surface area contributed by atoms with Crippen molar-refractivity contribution in [3.8, 4) is 0 Å². The largest absolute Gasteiger partial charge is 0.351 e. The van der Waals surface area contributed by atoms with E-state index in [1.807, 2.05) is 38.1 Å². The van der Waals surface area contributed by atoms with Gasteiger partial charge in [0, 0.05) is 9.35 Å². The van der Waals surface area contributed by atoms with Crippen molar-refractivity contribution >= 4 is 33.2 Å². The lowest BCUT2D eigenvalue weighted by Gasteiger charge is -2.04. The van der Waals surface area contributed by atoms with Gasteiger partial charge in [0.25, 0.3) is 0 Å². The average Bonchev–Trinajstić information content (AvgIpc) is 2.68. The number of rotatable bonds is 4. The number of carbonyl (C=O) groups is 1. The van der Waals surface area contributed by atoms with Crippen LogP contribution in [0.3, 0.4) is 0 Å². The molecule has 0 saturated carbocycles. The summed E-state index contributed by atoms with van der Waals surface area (Å²) in [6.45, 7) is 4.51. The van der Waals surface area contributed by atoms with Gasteiger partial charge in [0.2, 0.25) is 5.91 Å². The Labute approximate surface area is 125 Å². The van der Waals surface area contributed by atoms with E-state index in [4.69, 9.17) is 0 Å². The molecule has 0 aliphatic heterocycles. The number of nitrogens with one attached hydrogen (secondary N) is 1. The number of hydrogen-bond donors (Lipinski definition) is 1. The Morgan fingerprint density at radius 1 is 1.32 bits per heavy atom. The van der Waals surface area contributed by atoms with Crippen LogP contribution in [0, 0.1) is 13.8 Å². The van der Waals surface area contributed by atoms with Gasteiger partial charge < -0.3 is 5.32 Å². The van der Waals surface area contributed by atoms with Gasteiger partial charge in [-0.25, -0.2) is 4.98 Å². The maximum Gasteiger partial charge on any atom is 0.224 e. The molecule has 1 heterocycles. The summed E-state index contributed by atoms with van der Waals surface area (Å²) < 4.78 is 1.02. The Hall–Kier alpha value is -1.20. The quantitative estimate of drug-likeness (QED) is 0.928. The number of aryl methyl sites for hydroxylation is 2. The Balaban J connectivity index is 1.88. The molecule has 19 heavy (non-hydrogen) atoms. The summed E-state index contributed by atoms with van der Waals surface area (Å²) in [5.74, 6) is 0.0350. The lowest BCUT2D eigenvalue weighted by Crippen LogP contribution is -2.24. The fourth-order valence-electron chi connectivity index (χ4n) is 1.77. The first-order valence-electron chi connectivity index (χ1n) is 5.98. The van der Waals surface area contributed by atoms with E-state index >= 15 is 0 Å². The minimum atomic E-state index is 0.0350. The summed E-state index contributed by atoms with van der Waals surface area (Å²) in [6, 6.07) is 7.79. The third-order valence-electron chi connectivity index (χ3n) is 2.72. The average molecular weight is 339 g/mol. The molecular formula is C14H15BrN2OS. The maximum atomic E-state index is 11.9. The van der Waals surface area contributed by atoms with E-state index in [9.17, 15) is 4.79 Å². The molecule has 0 unspecified atom stereocenters. The lowest BCUT2D eigenvalue weighted by molar-refractivity contribution is -0.120. The molecule has 1 amide bonds. The molecule has 5 heteroatoms. The summed E-state index contributed by atoms with van der Waals surface area (Å²) in [4.78, 5) is 17.3. The van der Waals surface area contributed by atoms with E-state index in [-0.39, 0.29) is 5.91 Å². The zero-order valence-corrected chi connectivity index (χ0v) is 13.3. The minimum Gasteiger partial charge on any atom is -0.351 e. The zero-order valence-electron chi connectivity index (χ0n) is 10.9. The number of nitrogens with zero attached hydrogens (tertiary/aromatic N) is 1. The van der Waals surface area contributed by atoms with Crippen LogP contribution in [-0.2, 0) is 17.8 Å². The molecule has 0 aliphatic carbocycles. The van der Waals surface area contributed by atoms with Gasteiger partial charge in [-0.2, -0.15) is 0 Å². The number of thiazole rings is 1. The predicted octanol–water partition coefficient (Wildman–Crippen LogP) is 3.38. The highest BCUT2D eigenvalue weighted by atomic mass is 79.9. The molecule has 1 aromatic heterocycles. The van der Waals surface area contributed by atoms with E-state index in [1.54, 1.807) is 11.3 Å². The number of carbonyl (C=O) groups excluding carboxylic acids is 1. The van der Waals surface area contributed by atoms with E-state index in [1.165, 1.54) is 0 Å². The number of aromatic nitrogens is 1. The first-order valence-corrected chi connectivity index (χ1v) is 7.59. The van der Waals surface area contributed by atoms with Gasteiger partial charge in [0.1, 0.15) is 0 Å². The summed E-state index contributed by atoms with van der Waals surface area (Å²) >= 11 is 5.01. The fraction of sp³-hybridized carbons (Fsp3) is 0.286. The Morgan fingerprint density at radius 2 is 2.00 bits per heavy atom. The Kier molecular flexibility index (Phi) is 4.71. The van der Waals surface area contributed by atoms with Crippen molar-refractivity contribution in [1.29, 1.82) is 0 Å². The first-order chi connectivity index (χ1) is 9.04. The lowest BCUT2D eigenvalue weighted by atomic mass is 10.1. The van der Waals surface area contributed by atoms with Crippen LogP contribution in [0.1, 0.15) is 21.1 Å². The highest BCUT2D eigenvalue weighted by molar-refractivity contribution is 9.10. The fourth-order valence-corrected chi connectivity index (χ4v) is 2.91. The van der Waals surface area contributed by atoms with Gasteiger partial charge in [-0.1, -0.05) is 28.1 Å². The molecular weight excluding hydrogens is 324 g/mol. The highest BCUT2D eigenvalue weighted by Crippen LogP contribution is 2.16. The Morgan fingerprint density at radius 3 is 2.58 bits per heavy atom. The summed E-state index contributed by atoms with van der Waals surface area (Å²) in [5, 5.41) is 3.97. The van der Waals surface area contributed by atoms with E-state index in [2.05, 4.69) is 26.2 Å². The SMILES string of the molecule is Cc1nc(C)c(CNC(=O)Cc2ccc(Br)cc2)s1. The monoisotopic (exact) mass is 338 g/mol. The maximum absolute atomic E-state index is 11.9. The third kappa shape index (κ3) is 4.14. The van der Waals surface area contributed by atoms with Crippen molar-refractivity contribution < 1.29 is 4.79 Å². The van der Waals surface area contributed by atoms with Crippen molar-refractivity contribution in [2.75, 3.05) is 0 Å². The highest BCUT2D eigenvalue weighted by Gasteiger charge is 2.07. The van der Waals surface area contributed by atoms with Crippen molar-refractivity contribution in [1.82, 2.24) is 10.3 Å². The second-order valence-corrected chi connectivity index (χ2v) is 6.52. The van der Waals surface area contributed by atoms with Crippen molar-refractivity contribution in [3.63, 3.8) is 0 Å². The molecule has 2 rings (SSSR count). The van der Waals surface area contributed by atoms with E-state index in [0.29, 0.717) is 13.0 Å². The molecule has 3 nitrogen and oxygen atoms in total. The molecule has 0 atom stereocenters. The van der Waals surface area contributed by atoms with Crippen LogP contribution < -0.4 is 5.32 Å². The van der Waals surface area contributed by atoms with Crippen molar-refractivity contribution in [2.45, 2.75) is 26.8 Å². The smallest absolute Gasteiger partial charge is 0.224 e. The van der Waals surface area contributed by atoms with Crippen molar-refractivity contribution in [2.24, 2.45) is 0 Å². The molecule has 100 valence electrons. The number of amides is 1. The summed E-state index contributed by atoms with van der Waals surface area (Å²) in [6.07, 6.45) is 0.407. The van der Waals surface area contributed by atoms with Crippen LogP contribution in [0.2, 0.25) is 0 Å². The van der Waals surface area contributed by atoms with Crippen molar-refractivity contribution in [3.05, 3.63) is 49.9 Å². The topological polar surface area (TPSA) is 42.0 Å². The van der Waals surface area contributed by atoms with Gasteiger partial charge in [-0.15, -0.1) is 11.3 Å². The third-order valence-corrected chi connectivity index (χ3v) is 4.33. The molecule has 2 aromatic rings. The standard InChI is InChI=1S/C14H15BrN2OS/c1-9-13(19-10(2)17-9)8-16-14(18)7-11-3-5-12(15)6-4-11/h3-6H,7-8H2,1-2H3,(H,16,18). The van der Waals surface area contributed by atoms with Crippen LogP contribution in [0.25, 0.3) is 0 Å². The number of halogens is 1. The molecule has 1 aromatic carbocycles. The minimum absolute atomic E-state index is 0.0350. The number of benzene rings is 1. The van der Waals surface area contributed by atoms with Crippen LogP contribution in [-0.4, -0.2) is 10.9 Å². The number of hydrogen-bond acceptors (Lipinski definition) is 3. The molecule has 0 radical (unpaired) electrons. The van der Waals surface area contributed by atoms with Gasteiger partial charge >= 0.3 is 0 Å². The van der Waals surface area contributed by atoms with E-state index in [0.717, 1.165) is 25.6 Å². The van der Waals surface area contributed by atoms with Gasteiger partial charge in [-0.05, 0) is 31.5 Å². The predicted molar refractivity (Wildman–Crippen MR) is 81.3 cm³/mol. The van der Waals surface area contributed by atoms with Crippen LogP contribution in [0.4, 0.5) is 0 Å². The summed E-state index contributed by atoms with van der Waals surface area (Å²) in [5.41, 5.74) is 2.02. The van der Waals surface area contributed by atoms with Crippen LogP contribution in [0.5, 0.6) is 0 Å². The molecule has 0 spiro atoms. The molecule has 0 bridgehead atoms. The molecule has 0 fully saturated rings. The van der Waals surface area contributed by atoms with Crippen LogP contribution in [0.15, 0.2) is 28.7 Å². The molecule has 0 aliphatic rings. The zero-order chi connectivity index (χ0) is 13.8. The second kappa shape index (κ2) is 6.30. The van der Waals surface area contributed by atoms with E-state index < -0.39 is 0 Å². The van der Waals surface area contributed by atoms with Gasteiger partial charge in [0.05, 0.1) is 23.7 Å². The molecule has 1 N–H and O–H groups in total. The first kappa shape index (κ1) is 14.2. The second-order valence-electron chi connectivity index (χ2n) is 4.32. The normalized spacial score (nSPS) is 10.5. The summed E-state index contributed by atoms with van der Waals surface area (Å²) in [7, 11) is 0.